The van der Waals surface area contributed by atoms with Crippen LogP contribution in [0.1, 0.15) is 25.3 Å². The number of nitrogens with one attached hydrogen (secondary N) is 2. The summed E-state index contributed by atoms with van der Waals surface area (Å²) in [4.78, 5) is 12.1. The van der Waals surface area contributed by atoms with Gasteiger partial charge in [0.15, 0.2) is 0 Å². The van der Waals surface area contributed by atoms with Crippen molar-refractivity contribution in [2.75, 3.05) is 27.2 Å². The maximum absolute atomic E-state index is 13.6. The summed E-state index contributed by atoms with van der Waals surface area (Å²) >= 11 is 0. The Hall–Kier alpha value is -2.61. The molecule has 0 unspecified atom stereocenters. The van der Waals surface area contributed by atoms with Crippen LogP contribution in [0.4, 0.5) is 26.2 Å². The third kappa shape index (κ3) is 4.39. The Morgan fingerprint density at radius 1 is 1.19 bits per heavy atom. The van der Waals surface area contributed by atoms with Crippen molar-refractivity contribution in [2.45, 2.75) is 26.2 Å². The Morgan fingerprint density at radius 2 is 1.96 bits per heavy atom. The van der Waals surface area contributed by atoms with Crippen LogP contribution in [0.5, 0.6) is 0 Å². The van der Waals surface area contributed by atoms with Gasteiger partial charge < -0.3 is 10.6 Å². The van der Waals surface area contributed by atoms with Crippen LogP contribution in [0.25, 0.3) is 0 Å². The van der Waals surface area contributed by atoms with E-state index in [2.05, 4.69) is 10.6 Å². The molecule has 1 aliphatic heterocycles. The molecule has 0 bridgehead atoms. The van der Waals surface area contributed by atoms with E-state index < -0.39 is 21.9 Å². The number of anilines is 3. The van der Waals surface area contributed by atoms with Crippen molar-refractivity contribution in [2.24, 2.45) is 0 Å². The fourth-order valence-electron chi connectivity index (χ4n) is 3.14. The first kappa shape index (κ1) is 19.2. The van der Waals surface area contributed by atoms with Gasteiger partial charge in [-0.1, -0.05) is 19.1 Å². The Kier molecular flexibility index (Phi) is 5.65. The van der Waals surface area contributed by atoms with E-state index in [-0.39, 0.29) is 11.4 Å². The lowest BCUT2D eigenvalue weighted by molar-refractivity contribution is 0.262. The van der Waals surface area contributed by atoms with Gasteiger partial charge in [-0.05, 0) is 55.2 Å². The highest BCUT2D eigenvalue weighted by Crippen LogP contribution is 2.32. The number of sulfonamides is 1. The highest BCUT2D eigenvalue weighted by atomic mass is 32.2. The standard InChI is InChI=1S/C19H22FN3O3S/c1-2-12-27(25,26)23-11-5-6-14-13-15(9-10-18(14)23)21-19(24)22-17-8-4-3-7-16(17)20/h3-4,7-10,13H,2,5-6,11-12H2,1H3,(H2,21,22,24). The number of para-hydroxylation sites is 1. The van der Waals surface area contributed by atoms with Gasteiger partial charge in [-0.15, -0.1) is 0 Å². The van der Waals surface area contributed by atoms with Gasteiger partial charge in [-0.25, -0.2) is 17.6 Å². The van der Waals surface area contributed by atoms with Crippen LogP contribution in [-0.2, 0) is 16.4 Å². The molecule has 0 saturated heterocycles. The average Bonchev–Trinajstić information content (AvgIpc) is 2.63. The third-order valence-corrected chi connectivity index (χ3v) is 6.31. The van der Waals surface area contributed by atoms with Crippen LogP contribution in [0, 0.1) is 5.82 Å². The summed E-state index contributed by atoms with van der Waals surface area (Å²) in [6.45, 7) is 2.31. The average molecular weight is 391 g/mol. The minimum Gasteiger partial charge on any atom is -0.308 e. The smallest absolute Gasteiger partial charge is 0.308 e. The molecule has 6 nitrogen and oxygen atoms in total. The summed E-state index contributed by atoms with van der Waals surface area (Å²) in [5.41, 5.74) is 2.14. The molecule has 2 aromatic rings. The van der Waals surface area contributed by atoms with E-state index in [0.717, 1.165) is 18.4 Å². The summed E-state index contributed by atoms with van der Waals surface area (Å²) in [5.74, 6) is -0.410. The number of carbonyl (C=O) groups excluding carboxylic acids is 1. The van der Waals surface area contributed by atoms with E-state index >= 15 is 0 Å². The number of urea groups is 1. The maximum Gasteiger partial charge on any atom is 0.323 e. The molecular weight excluding hydrogens is 369 g/mol. The predicted octanol–water partition coefficient (Wildman–Crippen LogP) is 3.96. The molecular formula is C19H22FN3O3S. The highest BCUT2D eigenvalue weighted by molar-refractivity contribution is 7.92. The molecule has 0 atom stereocenters. The number of hydrogen-bond acceptors (Lipinski definition) is 3. The van der Waals surface area contributed by atoms with Gasteiger partial charge in [0.1, 0.15) is 5.82 Å². The zero-order valence-corrected chi connectivity index (χ0v) is 15.9. The number of rotatable bonds is 5. The lowest BCUT2D eigenvalue weighted by Gasteiger charge is -2.30. The molecule has 8 heteroatoms. The first-order valence-electron chi connectivity index (χ1n) is 8.86. The van der Waals surface area contributed by atoms with Gasteiger partial charge in [-0.3, -0.25) is 4.31 Å². The normalized spacial score (nSPS) is 13.8. The SMILES string of the molecule is CCCS(=O)(=O)N1CCCc2cc(NC(=O)Nc3ccccc3F)ccc21. The molecule has 2 aromatic carbocycles. The van der Waals surface area contributed by atoms with Crippen molar-refractivity contribution in [3.8, 4) is 0 Å². The Morgan fingerprint density at radius 3 is 2.70 bits per heavy atom. The van der Waals surface area contributed by atoms with E-state index in [4.69, 9.17) is 0 Å². The van der Waals surface area contributed by atoms with Gasteiger partial charge in [0.05, 0.1) is 17.1 Å². The molecule has 2 N–H and O–H groups in total. The van der Waals surface area contributed by atoms with Gasteiger partial charge in [-0.2, -0.15) is 0 Å². The fraction of sp³-hybridized carbons (Fsp3) is 0.316. The molecule has 0 fully saturated rings. The minimum absolute atomic E-state index is 0.0878. The number of fused-ring (bicyclic) bond motifs is 1. The highest BCUT2D eigenvalue weighted by Gasteiger charge is 2.26. The van der Waals surface area contributed by atoms with E-state index in [1.807, 2.05) is 6.92 Å². The topological polar surface area (TPSA) is 78.5 Å². The summed E-state index contributed by atoms with van der Waals surface area (Å²) < 4.78 is 40.0. The Labute approximate surface area is 158 Å². The van der Waals surface area contributed by atoms with Crippen molar-refractivity contribution >= 4 is 33.1 Å². The summed E-state index contributed by atoms with van der Waals surface area (Å²) in [5, 5.41) is 5.12. The van der Waals surface area contributed by atoms with Crippen molar-refractivity contribution in [1.29, 1.82) is 0 Å². The molecule has 144 valence electrons. The monoisotopic (exact) mass is 391 g/mol. The largest absolute Gasteiger partial charge is 0.323 e. The van der Waals surface area contributed by atoms with E-state index in [1.54, 1.807) is 30.3 Å². The second-order valence-electron chi connectivity index (χ2n) is 6.39. The van der Waals surface area contributed by atoms with Gasteiger partial charge in [0.2, 0.25) is 10.0 Å². The number of benzene rings is 2. The molecule has 0 radical (unpaired) electrons. The van der Waals surface area contributed by atoms with Crippen LogP contribution >= 0.6 is 0 Å². The van der Waals surface area contributed by atoms with Crippen LogP contribution in [0.15, 0.2) is 42.5 Å². The van der Waals surface area contributed by atoms with Gasteiger partial charge in [0.25, 0.3) is 0 Å². The van der Waals surface area contributed by atoms with Gasteiger partial charge >= 0.3 is 6.03 Å². The zero-order valence-electron chi connectivity index (χ0n) is 15.0. The minimum atomic E-state index is -3.34. The molecule has 3 rings (SSSR count). The number of aryl methyl sites for hydroxylation is 1. The van der Waals surface area contributed by atoms with E-state index in [9.17, 15) is 17.6 Å². The molecule has 0 saturated carbocycles. The number of hydrogen-bond donors (Lipinski definition) is 2. The number of amides is 2. The third-order valence-electron chi connectivity index (χ3n) is 4.33. The van der Waals surface area contributed by atoms with Crippen molar-refractivity contribution in [3.05, 3.63) is 53.8 Å². The summed E-state index contributed by atoms with van der Waals surface area (Å²) in [7, 11) is -3.34. The van der Waals surface area contributed by atoms with Crippen molar-refractivity contribution in [1.82, 2.24) is 0 Å². The fourth-order valence-corrected chi connectivity index (χ4v) is 4.77. The first-order valence-corrected chi connectivity index (χ1v) is 10.5. The Bertz CT molecular complexity index is 947. The second kappa shape index (κ2) is 7.96. The van der Waals surface area contributed by atoms with Crippen LogP contribution < -0.4 is 14.9 Å². The lowest BCUT2D eigenvalue weighted by atomic mass is 10.0. The van der Waals surface area contributed by atoms with E-state index in [0.29, 0.717) is 24.3 Å². The maximum atomic E-state index is 13.6. The van der Waals surface area contributed by atoms with Crippen LogP contribution in [0.3, 0.4) is 0 Å². The van der Waals surface area contributed by atoms with Crippen molar-refractivity contribution < 1.29 is 17.6 Å². The second-order valence-corrected chi connectivity index (χ2v) is 8.41. The first-order chi connectivity index (χ1) is 12.9. The zero-order chi connectivity index (χ0) is 19.4. The molecule has 1 aliphatic rings. The number of carbonyl (C=O) groups is 1. The van der Waals surface area contributed by atoms with Crippen LogP contribution in [0.2, 0.25) is 0 Å². The summed E-state index contributed by atoms with van der Waals surface area (Å²) in [6, 6.07) is 10.5. The predicted molar refractivity (Wildman–Crippen MR) is 105 cm³/mol. The Balaban J connectivity index is 1.76. The quantitative estimate of drug-likeness (QED) is 0.810. The molecule has 1 heterocycles. The molecule has 0 aromatic heterocycles. The summed E-state index contributed by atoms with van der Waals surface area (Å²) in [6.07, 6.45) is 2.02. The number of nitrogens with zero attached hydrogens (tertiary/aromatic N) is 1. The molecule has 2 amide bonds. The van der Waals surface area contributed by atoms with Crippen LogP contribution in [-0.4, -0.2) is 26.7 Å². The lowest BCUT2D eigenvalue weighted by Crippen LogP contribution is -2.37. The van der Waals surface area contributed by atoms with Crippen molar-refractivity contribution in [3.63, 3.8) is 0 Å². The number of halogens is 1. The molecule has 0 spiro atoms. The molecule has 0 aliphatic carbocycles. The van der Waals surface area contributed by atoms with E-state index in [1.165, 1.54) is 16.4 Å². The molecule has 27 heavy (non-hydrogen) atoms. The van der Waals surface area contributed by atoms with Gasteiger partial charge in [0, 0.05) is 12.2 Å².